The van der Waals surface area contributed by atoms with E-state index in [0.717, 1.165) is 31.4 Å². The lowest BCUT2D eigenvalue weighted by Crippen LogP contribution is -2.02. The molecule has 2 bridgehead atoms. The molecule has 0 radical (unpaired) electrons. The number of fused-ring (bicyclic) bond motifs is 2. The first-order valence-electron chi connectivity index (χ1n) is 7.12. The van der Waals surface area contributed by atoms with Crippen LogP contribution in [0, 0.1) is 6.92 Å². The van der Waals surface area contributed by atoms with Gasteiger partial charge in [-0.3, -0.25) is 0 Å². The van der Waals surface area contributed by atoms with Gasteiger partial charge in [-0.1, -0.05) is 6.08 Å². The number of hydrogen-bond acceptors (Lipinski definition) is 3. The maximum absolute atomic E-state index is 5.90. The van der Waals surface area contributed by atoms with Gasteiger partial charge in [0.1, 0.15) is 18.3 Å². The molecule has 1 aromatic heterocycles. The second-order valence-corrected chi connectivity index (χ2v) is 5.18. The van der Waals surface area contributed by atoms with Crippen LogP contribution < -0.4 is 0 Å². The quantitative estimate of drug-likeness (QED) is 0.471. The van der Waals surface area contributed by atoms with Crippen molar-refractivity contribution >= 4 is 0 Å². The Morgan fingerprint density at radius 2 is 2.05 bits per heavy atom. The minimum Gasteiger partial charge on any atom is -0.466 e. The van der Waals surface area contributed by atoms with E-state index < -0.39 is 0 Å². The van der Waals surface area contributed by atoms with E-state index in [-0.39, 0.29) is 0 Å². The highest BCUT2D eigenvalue weighted by atomic mass is 16.7. The molecule has 0 atom stereocenters. The molecule has 1 aromatic rings. The van der Waals surface area contributed by atoms with Gasteiger partial charge >= 0.3 is 0 Å². The summed E-state index contributed by atoms with van der Waals surface area (Å²) in [7, 11) is 1.66. The summed E-state index contributed by atoms with van der Waals surface area (Å²) in [6, 6.07) is 2.19. The SMILES string of the molecule is COCOC/C1=C/CCc2cc(C)c(o2)CCCC1. The molecule has 0 N–H and O–H groups in total. The minimum absolute atomic E-state index is 0.373. The van der Waals surface area contributed by atoms with E-state index in [2.05, 4.69) is 19.1 Å². The third-order valence-electron chi connectivity index (χ3n) is 3.54. The highest BCUT2D eigenvalue weighted by molar-refractivity contribution is 5.21. The summed E-state index contributed by atoms with van der Waals surface area (Å²) in [5.74, 6) is 2.29. The van der Waals surface area contributed by atoms with Crippen molar-refractivity contribution < 1.29 is 13.9 Å². The first-order chi connectivity index (χ1) is 9.29. The van der Waals surface area contributed by atoms with Gasteiger partial charge in [0, 0.05) is 20.0 Å². The van der Waals surface area contributed by atoms with Crippen LogP contribution in [0.4, 0.5) is 0 Å². The largest absolute Gasteiger partial charge is 0.466 e. The van der Waals surface area contributed by atoms with Gasteiger partial charge in [-0.2, -0.15) is 0 Å². The molecule has 19 heavy (non-hydrogen) atoms. The van der Waals surface area contributed by atoms with Crippen LogP contribution in [0.3, 0.4) is 0 Å². The van der Waals surface area contributed by atoms with Crippen molar-refractivity contribution in [1.82, 2.24) is 0 Å². The molecule has 0 saturated carbocycles. The number of methoxy groups -OCH3 is 1. The van der Waals surface area contributed by atoms with E-state index in [4.69, 9.17) is 13.9 Å². The number of aryl methyl sites for hydroxylation is 3. The summed E-state index contributed by atoms with van der Waals surface area (Å²) in [5.41, 5.74) is 2.70. The van der Waals surface area contributed by atoms with Gasteiger partial charge in [0.05, 0.1) is 6.61 Å². The van der Waals surface area contributed by atoms with Crippen LogP contribution in [0.2, 0.25) is 0 Å². The van der Waals surface area contributed by atoms with E-state index in [1.54, 1.807) is 7.11 Å². The monoisotopic (exact) mass is 264 g/mol. The predicted molar refractivity (Wildman–Crippen MR) is 75.2 cm³/mol. The molecule has 106 valence electrons. The van der Waals surface area contributed by atoms with Crippen molar-refractivity contribution in [1.29, 1.82) is 0 Å². The van der Waals surface area contributed by atoms with Crippen LogP contribution >= 0.6 is 0 Å². The fourth-order valence-corrected chi connectivity index (χ4v) is 2.51. The molecule has 0 amide bonds. The molecule has 2 rings (SSSR count). The van der Waals surface area contributed by atoms with E-state index in [0.29, 0.717) is 13.4 Å². The zero-order chi connectivity index (χ0) is 13.5. The molecule has 0 spiro atoms. The van der Waals surface area contributed by atoms with Crippen LogP contribution in [-0.2, 0) is 22.3 Å². The molecule has 3 heteroatoms. The highest BCUT2D eigenvalue weighted by Crippen LogP contribution is 2.21. The Morgan fingerprint density at radius 1 is 1.21 bits per heavy atom. The normalized spacial score (nSPS) is 19.6. The average Bonchev–Trinajstić information content (AvgIpc) is 2.71. The summed E-state index contributed by atoms with van der Waals surface area (Å²) in [6.45, 7) is 3.21. The van der Waals surface area contributed by atoms with Crippen LogP contribution in [0.5, 0.6) is 0 Å². The van der Waals surface area contributed by atoms with Gasteiger partial charge in [-0.25, -0.2) is 0 Å². The fourth-order valence-electron chi connectivity index (χ4n) is 2.51. The molecular formula is C16H24O3. The van der Waals surface area contributed by atoms with Crippen molar-refractivity contribution in [2.24, 2.45) is 0 Å². The molecule has 0 aromatic carbocycles. The molecule has 3 nitrogen and oxygen atoms in total. The second-order valence-electron chi connectivity index (χ2n) is 5.18. The van der Waals surface area contributed by atoms with Gasteiger partial charge < -0.3 is 13.9 Å². The first kappa shape index (κ1) is 14.4. The van der Waals surface area contributed by atoms with Gasteiger partial charge in [0.25, 0.3) is 0 Å². The number of hydrogen-bond donors (Lipinski definition) is 0. The summed E-state index contributed by atoms with van der Waals surface area (Å²) in [4.78, 5) is 0. The molecule has 0 aliphatic carbocycles. The zero-order valence-corrected chi connectivity index (χ0v) is 12.0. The van der Waals surface area contributed by atoms with Gasteiger partial charge in [-0.15, -0.1) is 0 Å². The van der Waals surface area contributed by atoms with E-state index in [1.807, 2.05) is 0 Å². The summed E-state index contributed by atoms with van der Waals surface area (Å²) in [6.07, 6.45) is 8.85. The van der Waals surface area contributed by atoms with E-state index in [1.165, 1.54) is 29.7 Å². The minimum atomic E-state index is 0.373. The van der Waals surface area contributed by atoms with E-state index in [9.17, 15) is 0 Å². The lowest BCUT2D eigenvalue weighted by Gasteiger charge is -2.08. The maximum Gasteiger partial charge on any atom is 0.146 e. The lowest BCUT2D eigenvalue weighted by molar-refractivity contribution is -0.0218. The average molecular weight is 264 g/mol. The summed E-state index contributed by atoms with van der Waals surface area (Å²) < 4.78 is 16.3. The third kappa shape index (κ3) is 4.51. The Kier molecular flexibility index (Phi) is 5.67. The van der Waals surface area contributed by atoms with Gasteiger partial charge in [0.15, 0.2) is 0 Å². The van der Waals surface area contributed by atoms with Crippen LogP contribution in [-0.4, -0.2) is 20.5 Å². The standard InChI is InChI=1S/C16H24O3/c1-13-10-15-8-5-7-14(11-18-12-17-2)6-3-4-9-16(13)19-15/h7,10H,3-6,8-9,11-12H2,1-2H3/b14-7+. The first-order valence-corrected chi connectivity index (χ1v) is 7.12. The molecule has 2 heterocycles. The van der Waals surface area contributed by atoms with Crippen molar-refractivity contribution in [3.8, 4) is 0 Å². The topological polar surface area (TPSA) is 31.6 Å². The maximum atomic E-state index is 5.90. The van der Waals surface area contributed by atoms with Crippen LogP contribution in [0.15, 0.2) is 22.1 Å². The second kappa shape index (κ2) is 7.51. The molecule has 0 unspecified atom stereocenters. The Hall–Kier alpha value is -1.06. The zero-order valence-electron chi connectivity index (χ0n) is 12.0. The molecular weight excluding hydrogens is 240 g/mol. The Bertz CT molecular complexity index is 418. The van der Waals surface area contributed by atoms with Crippen LogP contribution in [0.25, 0.3) is 0 Å². The van der Waals surface area contributed by atoms with E-state index >= 15 is 0 Å². The number of ether oxygens (including phenoxy) is 2. The van der Waals surface area contributed by atoms with Gasteiger partial charge in [-0.05, 0) is 49.8 Å². The summed E-state index contributed by atoms with van der Waals surface area (Å²) in [5, 5.41) is 0. The van der Waals surface area contributed by atoms with Gasteiger partial charge in [0.2, 0.25) is 0 Å². The Morgan fingerprint density at radius 3 is 2.89 bits per heavy atom. The smallest absolute Gasteiger partial charge is 0.146 e. The Balaban J connectivity index is 1.95. The number of rotatable bonds is 4. The molecule has 0 fully saturated rings. The lowest BCUT2D eigenvalue weighted by atomic mass is 10.0. The highest BCUT2D eigenvalue weighted by Gasteiger charge is 2.09. The number of allylic oxidation sites excluding steroid dienone is 1. The van der Waals surface area contributed by atoms with Crippen molar-refractivity contribution in [2.45, 2.75) is 45.4 Å². The molecule has 1 aliphatic heterocycles. The Labute approximate surface area is 115 Å². The van der Waals surface area contributed by atoms with Crippen molar-refractivity contribution in [2.75, 3.05) is 20.5 Å². The third-order valence-corrected chi connectivity index (χ3v) is 3.54. The van der Waals surface area contributed by atoms with Crippen LogP contribution in [0.1, 0.15) is 42.8 Å². The van der Waals surface area contributed by atoms with Crippen molar-refractivity contribution in [3.05, 3.63) is 34.8 Å². The summed E-state index contributed by atoms with van der Waals surface area (Å²) >= 11 is 0. The fraction of sp³-hybridized carbons (Fsp3) is 0.625. The molecule has 1 aliphatic rings. The molecule has 0 saturated heterocycles. The van der Waals surface area contributed by atoms with Crippen molar-refractivity contribution in [3.63, 3.8) is 0 Å². The predicted octanol–water partition coefficient (Wildman–Crippen LogP) is 3.79. The number of furan rings is 1.